The summed E-state index contributed by atoms with van der Waals surface area (Å²) in [6, 6.07) is 4.99. The van der Waals surface area contributed by atoms with Crippen LogP contribution >= 0.6 is 27.7 Å². The lowest BCUT2D eigenvalue weighted by Gasteiger charge is -2.09. The van der Waals surface area contributed by atoms with Crippen molar-refractivity contribution < 1.29 is 24.2 Å². The first-order valence-electron chi connectivity index (χ1n) is 6.32. The summed E-state index contributed by atoms with van der Waals surface area (Å²) in [7, 11) is 0. The first kappa shape index (κ1) is 16.6. The van der Waals surface area contributed by atoms with E-state index >= 15 is 0 Å². The van der Waals surface area contributed by atoms with Crippen molar-refractivity contribution in [2.24, 2.45) is 0 Å². The topological polar surface area (TPSA) is 83.9 Å². The molecule has 1 aliphatic heterocycles. The third-order valence-corrected chi connectivity index (χ3v) is 4.20. The van der Waals surface area contributed by atoms with Crippen molar-refractivity contribution in [2.75, 3.05) is 13.2 Å². The molecule has 2 amide bonds. The van der Waals surface area contributed by atoms with Gasteiger partial charge >= 0.3 is 5.97 Å². The Labute approximate surface area is 139 Å². The van der Waals surface area contributed by atoms with Crippen molar-refractivity contribution in [2.45, 2.75) is 6.92 Å². The molecule has 0 aromatic heterocycles. The third-order valence-electron chi connectivity index (χ3n) is 2.80. The third kappa shape index (κ3) is 3.69. The van der Waals surface area contributed by atoms with E-state index in [9.17, 15) is 14.4 Å². The number of rotatable bonds is 5. The fourth-order valence-corrected chi connectivity index (χ4v) is 3.09. The van der Waals surface area contributed by atoms with Gasteiger partial charge in [-0.1, -0.05) is 15.9 Å². The van der Waals surface area contributed by atoms with Crippen LogP contribution in [-0.2, 0) is 9.59 Å². The predicted octanol–water partition coefficient (Wildman–Crippen LogP) is 2.97. The molecule has 0 unspecified atom stereocenters. The number of nitrogens with zero attached hydrogens (tertiary/aromatic N) is 1. The number of likely N-dealkylation sites (N-methyl/N-ethyl adjacent to an activating group) is 1. The number of carboxylic acid groups (broad SMARTS) is 1. The van der Waals surface area contributed by atoms with Crippen molar-refractivity contribution in [3.8, 4) is 5.75 Å². The maximum absolute atomic E-state index is 12.1. The Hall–Kier alpha value is -1.80. The van der Waals surface area contributed by atoms with Crippen LogP contribution in [0.5, 0.6) is 5.75 Å². The molecule has 1 aliphatic rings. The van der Waals surface area contributed by atoms with Gasteiger partial charge in [0.2, 0.25) is 0 Å². The molecule has 0 spiro atoms. The minimum absolute atomic E-state index is 0.283. The second-order valence-electron chi connectivity index (χ2n) is 4.29. The Bertz CT molecular complexity index is 673. The Morgan fingerprint density at radius 2 is 2.18 bits per heavy atom. The van der Waals surface area contributed by atoms with Gasteiger partial charge < -0.3 is 9.84 Å². The highest BCUT2D eigenvalue weighted by Crippen LogP contribution is 2.34. The Morgan fingerprint density at radius 1 is 1.45 bits per heavy atom. The fourth-order valence-electron chi connectivity index (χ4n) is 1.82. The molecule has 0 aliphatic carbocycles. The van der Waals surface area contributed by atoms with E-state index in [2.05, 4.69) is 15.9 Å². The molecule has 1 aromatic carbocycles. The summed E-state index contributed by atoms with van der Waals surface area (Å²) >= 11 is 4.16. The highest BCUT2D eigenvalue weighted by molar-refractivity contribution is 9.10. The number of carboxylic acids is 1. The summed E-state index contributed by atoms with van der Waals surface area (Å²) in [5, 5.41) is 8.37. The SMILES string of the molecule is CCN1C(=O)SC(=Cc2cc(Br)ccc2OCC(=O)O)C1=O. The maximum Gasteiger partial charge on any atom is 0.341 e. The van der Waals surface area contributed by atoms with Crippen LogP contribution in [0.4, 0.5) is 4.79 Å². The fraction of sp³-hybridized carbons (Fsp3) is 0.214. The lowest BCUT2D eigenvalue weighted by atomic mass is 10.2. The van der Waals surface area contributed by atoms with Gasteiger partial charge in [0.05, 0.1) is 4.91 Å². The minimum atomic E-state index is -1.10. The molecule has 8 heteroatoms. The number of thioether (sulfide) groups is 1. The molecule has 0 saturated carbocycles. The monoisotopic (exact) mass is 385 g/mol. The van der Waals surface area contributed by atoms with Crippen LogP contribution in [0.25, 0.3) is 6.08 Å². The first-order valence-corrected chi connectivity index (χ1v) is 7.92. The summed E-state index contributed by atoms with van der Waals surface area (Å²) in [6.45, 7) is 1.54. The second-order valence-corrected chi connectivity index (χ2v) is 6.20. The number of hydrogen-bond acceptors (Lipinski definition) is 5. The van der Waals surface area contributed by atoms with Gasteiger partial charge in [0.15, 0.2) is 6.61 Å². The maximum atomic E-state index is 12.1. The number of carbonyl (C=O) groups is 3. The van der Waals surface area contributed by atoms with E-state index in [1.807, 2.05) is 0 Å². The number of carbonyl (C=O) groups excluding carboxylic acids is 2. The van der Waals surface area contributed by atoms with E-state index in [4.69, 9.17) is 9.84 Å². The first-order chi connectivity index (χ1) is 10.4. The van der Waals surface area contributed by atoms with Crippen molar-refractivity contribution in [1.29, 1.82) is 0 Å². The highest BCUT2D eigenvalue weighted by atomic mass is 79.9. The zero-order chi connectivity index (χ0) is 16.3. The predicted molar refractivity (Wildman–Crippen MR) is 85.6 cm³/mol. The lowest BCUT2D eigenvalue weighted by molar-refractivity contribution is -0.139. The molecule has 0 atom stereocenters. The van der Waals surface area contributed by atoms with Crippen molar-refractivity contribution in [3.63, 3.8) is 0 Å². The van der Waals surface area contributed by atoms with Crippen molar-refractivity contribution in [3.05, 3.63) is 33.1 Å². The van der Waals surface area contributed by atoms with Crippen molar-refractivity contribution >= 4 is 50.9 Å². The molecule has 0 bridgehead atoms. The molecule has 1 saturated heterocycles. The summed E-state index contributed by atoms with van der Waals surface area (Å²) in [4.78, 5) is 35.8. The van der Waals surface area contributed by atoms with Crippen LogP contribution in [0.15, 0.2) is 27.6 Å². The Morgan fingerprint density at radius 3 is 2.77 bits per heavy atom. The quantitative estimate of drug-likeness (QED) is 0.784. The molecule has 22 heavy (non-hydrogen) atoms. The summed E-state index contributed by atoms with van der Waals surface area (Å²) in [5.74, 6) is -1.13. The number of hydrogen-bond donors (Lipinski definition) is 1. The Kier molecular flexibility index (Phi) is 5.25. The van der Waals surface area contributed by atoms with Gasteiger partial charge in [-0.25, -0.2) is 4.79 Å². The number of benzene rings is 1. The van der Waals surface area contributed by atoms with E-state index in [0.29, 0.717) is 17.9 Å². The van der Waals surface area contributed by atoms with Gasteiger partial charge in [0.1, 0.15) is 5.75 Å². The highest BCUT2D eigenvalue weighted by Gasteiger charge is 2.33. The van der Waals surface area contributed by atoms with Crippen LogP contribution in [-0.4, -0.2) is 40.3 Å². The molecular weight excluding hydrogens is 374 g/mol. The molecule has 0 radical (unpaired) electrons. The van der Waals surface area contributed by atoms with Crippen LogP contribution in [0.3, 0.4) is 0 Å². The second kappa shape index (κ2) is 6.97. The van der Waals surface area contributed by atoms with Crippen LogP contribution < -0.4 is 4.74 Å². The number of ether oxygens (including phenoxy) is 1. The summed E-state index contributed by atoms with van der Waals surface area (Å²) < 4.78 is 5.94. The van der Waals surface area contributed by atoms with E-state index in [0.717, 1.165) is 21.1 Å². The van der Waals surface area contributed by atoms with Crippen LogP contribution in [0.1, 0.15) is 12.5 Å². The van der Waals surface area contributed by atoms with Gasteiger partial charge in [-0.2, -0.15) is 0 Å². The molecule has 1 fully saturated rings. The molecular formula is C14H12BrNO5S. The standard InChI is InChI=1S/C14H12BrNO5S/c1-2-16-13(19)11(22-14(16)20)6-8-5-9(15)3-4-10(8)21-7-12(17)18/h3-6H,2,7H2,1H3,(H,17,18). The van der Waals surface area contributed by atoms with E-state index < -0.39 is 12.6 Å². The summed E-state index contributed by atoms with van der Waals surface area (Å²) in [6.07, 6.45) is 1.53. The molecule has 116 valence electrons. The van der Waals surface area contributed by atoms with E-state index in [1.54, 1.807) is 25.1 Å². The molecule has 1 N–H and O–H groups in total. The molecule has 2 rings (SSSR count). The minimum Gasteiger partial charge on any atom is -0.481 e. The number of halogens is 1. The molecule has 6 nitrogen and oxygen atoms in total. The molecule has 1 heterocycles. The number of amides is 2. The Balaban J connectivity index is 2.34. The zero-order valence-electron chi connectivity index (χ0n) is 11.5. The molecule has 1 aromatic rings. The number of aliphatic carboxylic acids is 1. The van der Waals surface area contributed by atoms with Crippen LogP contribution in [0.2, 0.25) is 0 Å². The normalized spacial score (nSPS) is 16.5. The van der Waals surface area contributed by atoms with E-state index in [1.165, 1.54) is 6.08 Å². The zero-order valence-corrected chi connectivity index (χ0v) is 13.9. The summed E-state index contributed by atoms with van der Waals surface area (Å²) in [5.41, 5.74) is 0.525. The lowest BCUT2D eigenvalue weighted by Crippen LogP contribution is -2.27. The number of imide groups is 1. The largest absolute Gasteiger partial charge is 0.481 e. The van der Waals surface area contributed by atoms with Gasteiger partial charge in [-0.3, -0.25) is 14.5 Å². The van der Waals surface area contributed by atoms with Gasteiger partial charge in [0.25, 0.3) is 11.1 Å². The van der Waals surface area contributed by atoms with E-state index in [-0.39, 0.29) is 16.1 Å². The van der Waals surface area contributed by atoms with Crippen LogP contribution in [0, 0.1) is 0 Å². The van der Waals surface area contributed by atoms with Gasteiger partial charge in [0, 0.05) is 16.6 Å². The average Bonchev–Trinajstić information content (AvgIpc) is 2.72. The van der Waals surface area contributed by atoms with Gasteiger partial charge in [-0.05, 0) is 43.0 Å². The average molecular weight is 386 g/mol. The van der Waals surface area contributed by atoms with Crippen molar-refractivity contribution in [1.82, 2.24) is 4.90 Å². The van der Waals surface area contributed by atoms with Gasteiger partial charge in [-0.15, -0.1) is 0 Å². The smallest absolute Gasteiger partial charge is 0.341 e.